The summed E-state index contributed by atoms with van der Waals surface area (Å²) in [5.41, 5.74) is 7.24. The molecular weight excluding hydrogens is 338 g/mol. The number of sulfonamides is 1. The predicted molar refractivity (Wildman–Crippen MR) is 69.4 cm³/mol. The molecule has 1 rings (SSSR count). The first kappa shape index (κ1) is 13.7. The standard InChI is InChI=1S/C7H7BrClN3O2S2/c8-5-3-4(1-2-6(5)9)16(13,14)12-11-7(10)15/h1-3,12H,(H3,10,11,15). The van der Waals surface area contributed by atoms with Gasteiger partial charge in [0.2, 0.25) is 0 Å². The van der Waals surface area contributed by atoms with E-state index in [2.05, 4.69) is 33.6 Å². The SMILES string of the molecule is NC(=S)NNS(=O)(=O)c1ccc(Cl)c(Br)c1. The summed E-state index contributed by atoms with van der Waals surface area (Å²) in [7, 11) is -3.71. The average molecular weight is 345 g/mol. The van der Waals surface area contributed by atoms with Crippen LogP contribution in [0.2, 0.25) is 5.02 Å². The van der Waals surface area contributed by atoms with E-state index in [9.17, 15) is 8.42 Å². The van der Waals surface area contributed by atoms with E-state index in [0.717, 1.165) is 0 Å². The van der Waals surface area contributed by atoms with E-state index in [1.807, 2.05) is 4.83 Å². The van der Waals surface area contributed by atoms with Crippen LogP contribution in [0.4, 0.5) is 0 Å². The molecule has 1 aromatic carbocycles. The third-order valence-corrected chi connectivity index (χ3v) is 4.07. The fourth-order valence-corrected chi connectivity index (χ4v) is 2.47. The van der Waals surface area contributed by atoms with Crippen molar-refractivity contribution in [3.05, 3.63) is 27.7 Å². The lowest BCUT2D eigenvalue weighted by molar-refractivity contribution is 0.577. The van der Waals surface area contributed by atoms with Crippen molar-refractivity contribution in [2.24, 2.45) is 5.73 Å². The van der Waals surface area contributed by atoms with Gasteiger partial charge in [-0.1, -0.05) is 11.6 Å². The Balaban J connectivity index is 2.99. The van der Waals surface area contributed by atoms with Gasteiger partial charge in [0, 0.05) is 4.47 Å². The zero-order valence-corrected chi connectivity index (χ0v) is 11.7. The summed E-state index contributed by atoms with van der Waals surface area (Å²) in [6.07, 6.45) is 0. The Morgan fingerprint density at radius 1 is 1.50 bits per heavy atom. The van der Waals surface area contributed by atoms with Crippen molar-refractivity contribution in [2.75, 3.05) is 0 Å². The van der Waals surface area contributed by atoms with Crippen molar-refractivity contribution in [3.8, 4) is 0 Å². The van der Waals surface area contributed by atoms with Gasteiger partial charge in [0.1, 0.15) is 0 Å². The van der Waals surface area contributed by atoms with Crippen molar-refractivity contribution in [2.45, 2.75) is 4.90 Å². The Morgan fingerprint density at radius 2 is 2.12 bits per heavy atom. The zero-order valence-electron chi connectivity index (χ0n) is 7.70. The molecule has 0 aliphatic rings. The van der Waals surface area contributed by atoms with Gasteiger partial charge >= 0.3 is 0 Å². The van der Waals surface area contributed by atoms with Gasteiger partial charge in [-0.15, -0.1) is 4.83 Å². The van der Waals surface area contributed by atoms with Crippen LogP contribution in [0.5, 0.6) is 0 Å². The normalized spacial score (nSPS) is 11.1. The highest BCUT2D eigenvalue weighted by molar-refractivity contribution is 9.10. The Hall–Kier alpha value is -0.410. The number of hydrogen-bond donors (Lipinski definition) is 3. The van der Waals surface area contributed by atoms with Gasteiger partial charge in [0.05, 0.1) is 9.92 Å². The van der Waals surface area contributed by atoms with Gasteiger partial charge in [0.25, 0.3) is 10.0 Å². The number of nitrogens with two attached hydrogens (primary N) is 1. The predicted octanol–water partition coefficient (Wildman–Crippen LogP) is 1.13. The van der Waals surface area contributed by atoms with Crippen molar-refractivity contribution in [1.29, 1.82) is 0 Å². The molecule has 0 bridgehead atoms. The van der Waals surface area contributed by atoms with Gasteiger partial charge in [-0.25, -0.2) is 8.42 Å². The van der Waals surface area contributed by atoms with E-state index < -0.39 is 10.0 Å². The molecule has 0 aliphatic heterocycles. The third-order valence-electron chi connectivity index (χ3n) is 1.51. The second kappa shape index (κ2) is 5.28. The van der Waals surface area contributed by atoms with Gasteiger partial charge < -0.3 is 5.73 Å². The summed E-state index contributed by atoms with van der Waals surface area (Å²) in [4.78, 5) is 2.05. The third kappa shape index (κ3) is 3.56. The Labute approximate surface area is 111 Å². The molecule has 0 aliphatic carbocycles. The maximum Gasteiger partial charge on any atom is 0.257 e. The maximum atomic E-state index is 11.6. The van der Waals surface area contributed by atoms with Crippen LogP contribution in [0.3, 0.4) is 0 Å². The summed E-state index contributed by atoms with van der Waals surface area (Å²) in [5.74, 6) is 0. The fourth-order valence-electron chi connectivity index (χ4n) is 0.820. The second-order valence-electron chi connectivity index (χ2n) is 2.67. The Morgan fingerprint density at radius 3 is 2.62 bits per heavy atom. The van der Waals surface area contributed by atoms with Gasteiger partial charge in [-0.05, 0) is 46.3 Å². The monoisotopic (exact) mass is 343 g/mol. The number of hydrazine groups is 1. The van der Waals surface area contributed by atoms with Crippen molar-refractivity contribution in [1.82, 2.24) is 10.3 Å². The van der Waals surface area contributed by atoms with E-state index in [1.165, 1.54) is 18.2 Å². The van der Waals surface area contributed by atoms with Crippen LogP contribution in [0.15, 0.2) is 27.6 Å². The topological polar surface area (TPSA) is 84.2 Å². The molecule has 0 aromatic heterocycles. The lowest BCUT2D eigenvalue weighted by Crippen LogP contribution is -2.44. The molecule has 9 heteroatoms. The van der Waals surface area contributed by atoms with Crippen LogP contribution in [0.25, 0.3) is 0 Å². The van der Waals surface area contributed by atoms with Crippen LogP contribution in [-0.4, -0.2) is 13.5 Å². The van der Waals surface area contributed by atoms with Gasteiger partial charge in [0.15, 0.2) is 5.11 Å². The summed E-state index contributed by atoms with van der Waals surface area (Å²) in [6.45, 7) is 0. The molecule has 0 fully saturated rings. The largest absolute Gasteiger partial charge is 0.375 e. The lowest BCUT2D eigenvalue weighted by atomic mass is 10.4. The van der Waals surface area contributed by atoms with E-state index in [0.29, 0.717) is 9.50 Å². The smallest absolute Gasteiger partial charge is 0.257 e. The van der Waals surface area contributed by atoms with E-state index in [1.54, 1.807) is 0 Å². The number of halogens is 2. The highest BCUT2D eigenvalue weighted by Crippen LogP contribution is 2.24. The van der Waals surface area contributed by atoms with E-state index >= 15 is 0 Å². The van der Waals surface area contributed by atoms with Crippen LogP contribution >= 0.6 is 39.7 Å². The van der Waals surface area contributed by atoms with Crippen LogP contribution in [0.1, 0.15) is 0 Å². The molecule has 0 spiro atoms. The first-order chi connectivity index (χ1) is 7.33. The highest BCUT2D eigenvalue weighted by Gasteiger charge is 2.14. The fraction of sp³-hybridized carbons (Fsp3) is 0. The van der Waals surface area contributed by atoms with Gasteiger partial charge in [-0.3, -0.25) is 5.43 Å². The van der Waals surface area contributed by atoms with E-state index in [4.69, 9.17) is 17.3 Å². The first-order valence-electron chi connectivity index (χ1n) is 3.85. The zero-order chi connectivity index (χ0) is 12.3. The number of benzene rings is 1. The van der Waals surface area contributed by atoms with Crippen molar-refractivity contribution >= 4 is 54.9 Å². The van der Waals surface area contributed by atoms with Gasteiger partial charge in [-0.2, -0.15) is 0 Å². The minimum Gasteiger partial charge on any atom is -0.375 e. The lowest BCUT2D eigenvalue weighted by Gasteiger charge is -2.08. The molecule has 1 aromatic rings. The number of nitrogens with one attached hydrogen (secondary N) is 2. The van der Waals surface area contributed by atoms with E-state index in [-0.39, 0.29) is 10.0 Å². The van der Waals surface area contributed by atoms with Crippen LogP contribution < -0.4 is 16.0 Å². The quantitative estimate of drug-likeness (QED) is 0.565. The average Bonchev–Trinajstić information content (AvgIpc) is 2.19. The summed E-state index contributed by atoms with van der Waals surface area (Å²) in [6, 6.07) is 4.18. The number of hydrogen-bond acceptors (Lipinski definition) is 3. The number of thiocarbonyl (C=S) groups is 1. The van der Waals surface area contributed by atoms with Crippen LogP contribution in [0, 0.1) is 0 Å². The Kier molecular flexibility index (Phi) is 4.51. The van der Waals surface area contributed by atoms with Crippen LogP contribution in [-0.2, 0) is 10.0 Å². The molecule has 0 saturated heterocycles. The molecule has 0 atom stereocenters. The minimum atomic E-state index is -3.71. The molecule has 5 nitrogen and oxygen atoms in total. The Bertz CT molecular complexity index is 520. The molecule has 0 amide bonds. The first-order valence-corrected chi connectivity index (χ1v) is 6.91. The molecule has 16 heavy (non-hydrogen) atoms. The summed E-state index contributed by atoms with van der Waals surface area (Å²) < 4.78 is 23.8. The highest BCUT2D eigenvalue weighted by atomic mass is 79.9. The summed E-state index contributed by atoms with van der Waals surface area (Å²) in [5, 5.41) is 0.248. The number of rotatable bonds is 3. The summed E-state index contributed by atoms with van der Waals surface area (Å²) >= 11 is 13.3. The van der Waals surface area contributed by atoms with Crippen molar-refractivity contribution < 1.29 is 8.42 Å². The minimum absolute atomic E-state index is 0.0347. The molecule has 0 saturated carbocycles. The molecule has 4 N–H and O–H groups in total. The molecule has 0 heterocycles. The molecular formula is C7H7BrClN3O2S2. The molecule has 0 unspecified atom stereocenters. The molecule has 0 radical (unpaired) electrons. The molecule has 88 valence electrons. The van der Waals surface area contributed by atoms with Crippen molar-refractivity contribution in [3.63, 3.8) is 0 Å². The second-order valence-corrected chi connectivity index (χ2v) is 6.05. The maximum absolute atomic E-state index is 11.6.